The van der Waals surface area contributed by atoms with E-state index in [1.54, 1.807) is 12.1 Å². The van der Waals surface area contributed by atoms with E-state index in [1.165, 1.54) is 6.07 Å². The number of anilines is 1. The zero-order valence-corrected chi connectivity index (χ0v) is 10.8. The zero-order chi connectivity index (χ0) is 13.2. The lowest BCUT2D eigenvalue weighted by Crippen LogP contribution is -2.56. The van der Waals surface area contributed by atoms with E-state index < -0.39 is 0 Å². The van der Waals surface area contributed by atoms with Crippen LogP contribution in [-0.4, -0.2) is 50.1 Å². The Bertz CT molecular complexity index is 468. The molecule has 0 aliphatic carbocycles. The second-order valence-corrected chi connectivity index (χ2v) is 5.12. The number of hydrogen-bond acceptors (Lipinski definition) is 3. The number of benzene rings is 1. The maximum Gasteiger partial charge on any atom is 0.228 e. The van der Waals surface area contributed by atoms with Crippen molar-refractivity contribution in [2.45, 2.75) is 0 Å². The molecular formula is C14H18FN3O. The monoisotopic (exact) mass is 263 g/mol. The van der Waals surface area contributed by atoms with Crippen molar-refractivity contribution in [1.29, 1.82) is 0 Å². The van der Waals surface area contributed by atoms with E-state index in [2.05, 4.69) is 5.32 Å². The van der Waals surface area contributed by atoms with Gasteiger partial charge in [-0.25, -0.2) is 4.39 Å². The van der Waals surface area contributed by atoms with Gasteiger partial charge in [0.2, 0.25) is 5.91 Å². The third-order valence-corrected chi connectivity index (χ3v) is 3.92. The fraction of sp³-hybridized carbons (Fsp3) is 0.500. The fourth-order valence-corrected chi connectivity index (χ4v) is 2.60. The van der Waals surface area contributed by atoms with Crippen molar-refractivity contribution >= 4 is 11.6 Å². The highest BCUT2D eigenvalue weighted by atomic mass is 19.1. The number of amides is 1. The van der Waals surface area contributed by atoms with Crippen LogP contribution in [0.3, 0.4) is 0 Å². The predicted octanol–water partition coefficient (Wildman–Crippen LogP) is 0.694. The standard InChI is InChI=1S/C14H18FN3O/c15-12-3-1-2-4-13(12)17-5-7-18(8-6-17)14(19)11-9-16-10-11/h1-4,11,16H,5-10H2. The molecule has 0 saturated carbocycles. The Balaban J connectivity index is 1.60. The molecule has 0 atom stereocenters. The molecule has 102 valence electrons. The Morgan fingerprint density at radius 1 is 1.16 bits per heavy atom. The summed E-state index contributed by atoms with van der Waals surface area (Å²) in [4.78, 5) is 16.0. The van der Waals surface area contributed by atoms with Crippen molar-refractivity contribution in [2.24, 2.45) is 5.92 Å². The molecular weight excluding hydrogens is 245 g/mol. The molecule has 2 saturated heterocycles. The van der Waals surface area contributed by atoms with Crippen molar-refractivity contribution < 1.29 is 9.18 Å². The predicted molar refractivity (Wildman–Crippen MR) is 71.6 cm³/mol. The molecule has 1 N–H and O–H groups in total. The number of hydrogen-bond donors (Lipinski definition) is 1. The summed E-state index contributed by atoms with van der Waals surface area (Å²) in [5.74, 6) is 0.206. The van der Waals surface area contributed by atoms with Crippen molar-refractivity contribution in [3.8, 4) is 0 Å². The minimum Gasteiger partial charge on any atom is -0.366 e. The van der Waals surface area contributed by atoms with E-state index >= 15 is 0 Å². The first-order valence-electron chi connectivity index (χ1n) is 6.74. The number of rotatable bonds is 2. The Kier molecular flexibility index (Phi) is 3.38. The van der Waals surface area contributed by atoms with Gasteiger partial charge < -0.3 is 15.1 Å². The topological polar surface area (TPSA) is 35.6 Å². The normalized spacial score (nSPS) is 20.3. The summed E-state index contributed by atoms with van der Waals surface area (Å²) in [6.07, 6.45) is 0. The highest BCUT2D eigenvalue weighted by Gasteiger charge is 2.31. The molecule has 1 amide bonds. The molecule has 0 bridgehead atoms. The van der Waals surface area contributed by atoms with Gasteiger partial charge in [0.05, 0.1) is 11.6 Å². The molecule has 0 radical (unpaired) electrons. The average molecular weight is 263 g/mol. The van der Waals surface area contributed by atoms with Crippen LogP contribution in [-0.2, 0) is 4.79 Å². The van der Waals surface area contributed by atoms with Crippen LogP contribution in [0.5, 0.6) is 0 Å². The highest BCUT2D eigenvalue weighted by molar-refractivity contribution is 5.80. The van der Waals surface area contributed by atoms with E-state index in [1.807, 2.05) is 15.9 Å². The SMILES string of the molecule is O=C(C1CNC1)N1CCN(c2ccccc2F)CC1. The molecule has 0 unspecified atom stereocenters. The largest absolute Gasteiger partial charge is 0.366 e. The number of piperazine rings is 1. The molecule has 5 heteroatoms. The smallest absolute Gasteiger partial charge is 0.228 e. The van der Waals surface area contributed by atoms with Crippen LogP contribution in [0.25, 0.3) is 0 Å². The third-order valence-electron chi connectivity index (χ3n) is 3.92. The molecule has 4 nitrogen and oxygen atoms in total. The minimum atomic E-state index is -0.189. The Hall–Kier alpha value is -1.62. The van der Waals surface area contributed by atoms with Gasteiger partial charge in [0.1, 0.15) is 5.82 Å². The maximum atomic E-state index is 13.7. The summed E-state index contributed by atoms with van der Waals surface area (Å²) in [5.41, 5.74) is 0.639. The van der Waals surface area contributed by atoms with Crippen LogP contribution < -0.4 is 10.2 Å². The molecule has 3 rings (SSSR count). The molecule has 2 aliphatic rings. The minimum absolute atomic E-state index is 0.153. The summed E-state index contributed by atoms with van der Waals surface area (Å²) in [6.45, 7) is 4.37. The number of carbonyl (C=O) groups is 1. The molecule has 2 fully saturated rings. The fourth-order valence-electron chi connectivity index (χ4n) is 2.60. The summed E-state index contributed by atoms with van der Waals surface area (Å²) in [5, 5.41) is 3.12. The second kappa shape index (κ2) is 5.17. The number of nitrogens with zero attached hydrogens (tertiary/aromatic N) is 2. The van der Waals surface area contributed by atoms with Gasteiger partial charge in [-0.2, -0.15) is 0 Å². The molecule has 0 aromatic heterocycles. The van der Waals surface area contributed by atoms with E-state index in [0.29, 0.717) is 31.9 Å². The van der Waals surface area contributed by atoms with E-state index in [9.17, 15) is 9.18 Å². The van der Waals surface area contributed by atoms with Crippen LogP contribution in [0.4, 0.5) is 10.1 Å². The summed E-state index contributed by atoms with van der Waals surface area (Å²) < 4.78 is 13.7. The highest BCUT2D eigenvalue weighted by Crippen LogP contribution is 2.21. The second-order valence-electron chi connectivity index (χ2n) is 5.12. The number of carbonyl (C=O) groups excluding carboxylic acids is 1. The molecule has 1 aromatic carbocycles. The summed E-state index contributed by atoms with van der Waals surface area (Å²) in [7, 11) is 0. The van der Waals surface area contributed by atoms with Crippen molar-refractivity contribution in [2.75, 3.05) is 44.2 Å². The van der Waals surface area contributed by atoms with Gasteiger partial charge in [-0.05, 0) is 12.1 Å². The first-order chi connectivity index (χ1) is 9.25. The lowest BCUT2D eigenvalue weighted by Gasteiger charge is -2.39. The number of halogens is 1. The maximum absolute atomic E-state index is 13.7. The van der Waals surface area contributed by atoms with Gasteiger partial charge in [0, 0.05) is 39.3 Å². The van der Waals surface area contributed by atoms with Crippen molar-refractivity contribution in [3.05, 3.63) is 30.1 Å². The summed E-state index contributed by atoms with van der Waals surface area (Å²) >= 11 is 0. The molecule has 1 aromatic rings. The van der Waals surface area contributed by atoms with Crippen LogP contribution >= 0.6 is 0 Å². The van der Waals surface area contributed by atoms with Crippen LogP contribution in [0, 0.1) is 11.7 Å². The van der Waals surface area contributed by atoms with E-state index in [0.717, 1.165) is 13.1 Å². The number of nitrogens with one attached hydrogen (secondary N) is 1. The van der Waals surface area contributed by atoms with Crippen LogP contribution in [0.1, 0.15) is 0 Å². The van der Waals surface area contributed by atoms with Gasteiger partial charge in [0.25, 0.3) is 0 Å². The Labute approximate surface area is 112 Å². The van der Waals surface area contributed by atoms with Crippen LogP contribution in [0.2, 0.25) is 0 Å². The van der Waals surface area contributed by atoms with E-state index in [-0.39, 0.29) is 17.6 Å². The Morgan fingerprint density at radius 2 is 1.84 bits per heavy atom. The lowest BCUT2D eigenvalue weighted by atomic mass is 10.0. The van der Waals surface area contributed by atoms with E-state index in [4.69, 9.17) is 0 Å². The number of para-hydroxylation sites is 1. The van der Waals surface area contributed by atoms with Gasteiger partial charge in [-0.15, -0.1) is 0 Å². The third kappa shape index (κ3) is 2.42. The zero-order valence-electron chi connectivity index (χ0n) is 10.8. The van der Waals surface area contributed by atoms with Gasteiger partial charge in [-0.3, -0.25) is 4.79 Å². The van der Waals surface area contributed by atoms with Crippen LogP contribution in [0.15, 0.2) is 24.3 Å². The molecule has 2 heterocycles. The first kappa shape index (κ1) is 12.4. The Morgan fingerprint density at radius 3 is 2.42 bits per heavy atom. The lowest BCUT2D eigenvalue weighted by molar-refractivity contribution is -0.137. The summed E-state index contributed by atoms with van der Waals surface area (Å²) in [6, 6.07) is 6.81. The quantitative estimate of drug-likeness (QED) is 0.853. The van der Waals surface area contributed by atoms with Gasteiger partial charge in [-0.1, -0.05) is 12.1 Å². The van der Waals surface area contributed by atoms with Crippen molar-refractivity contribution in [3.63, 3.8) is 0 Å². The molecule has 2 aliphatic heterocycles. The van der Waals surface area contributed by atoms with Gasteiger partial charge >= 0.3 is 0 Å². The molecule has 0 spiro atoms. The molecule has 19 heavy (non-hydrogen) atoms. The van der Waals surface area contributed by atoms with Gasteiger partial charge in [0.15, 0.2) is 0 Å². The average Bonchev–Trinajstić information content (AvgIpc) is 2.37. The first-order valence-corrected chi connectivity index (χ1v) is 6.74. The van der Waals surface area contributed by atoms with Crippen molar-refractivity contribution in [1.82, 2.24) is 10.2 Å².